The van der Waals surface area contributed by atoms with Crippen LogP contribution in [0.3, 0.4) is 0 Å². The zero-order chi connectivity index (χ0) is 23.1. The Bertz CT molecular complexity index is 1070. The average molecular weight is 452 g/mol. The molecule has 0 unspecified atom stereocenters. The van der Waals surface area contributed by atoms with Gasteiger partial charge in [0.1, 0.15) is 5.75 Å². The van der Waals surface area contributed by atoms with Crippen LogP contribution in [0.4, 0.5) is 0 Å². The van der Waals surface area contributed by atoms with Crippen LogP contribution in [0.15, 0.2) is 58.8 Å². The van der Waals surface area contributed by atoms with E-state index in [9.17, 15) is 4.79 Å². The van der Waals surface area contributed by atoms with Crippen molar-refractivity contribution in [2.24, 2.45) is 5.10 Å². The van der Waals surface area contributed by atoms with Crippen molar-refractivity contribution in [2.45, 2.75) is 44.8 Å². The smallest absolute Gasteiger partial charge is 0.250 e. The van der Waals surface area contributed by atoms with Crippen LogP contribution in [0, 0.1) is 0 Å². The number of nitrogens with one attached hydrogen (secondary N) is 1. The minimum atomic E-state index is -0.200. The molecule has 7 nitrogen and oxygen atoms in total. The third-order valence-electron chi connectivity index (χ3n) is 4.89. The van der Waals surface area contributed by atoms with Gasteiger partial charge < -0.3 is 9.30 Å². The number of thioether (sulfide) groups is 1. The average Bonchev–Trinajstić information content (AvgIpc) is 3.20. The standard InChI is InChI=1S/C24H29N5O2S/c1-6-29-22(18-9-13-20(31-5)14-10-18)27-28-23(29)32-16-21(30)26-25-15-17-7-11-19(12-8-17)24(2,3)4/h7-15H,6,16H2,1-5H3,(H,26,30)/b25-15-. The van der Waals surface area contributed by atoms with E-state index in [2.05, 4.69) is 53.6 Å². The lowest BCUT2D eigenvalue weighted by atomic mass is 9.87. The second-order valence-corrected chi connectivity index (χ2v) is 9.18. The lowest BCUT2D eigenvalue weighted by molar-refractivity contribution is -0.118. The van der Waals surface area contributed by atoms with Gasteiger partial charge in [0.25, 0.3) is 5.91 Å². The number of methoxy groups -OCH3 is 1. The van der Waals surface area contributed by atoms with Crippen LogP contribution < -0.4 is 10.2 Å². The van der Waals surface area contributed by atoms with E-state index < -0.39 is 0 Å². The van der Waals surface area contributed by atoms with Crippen LogP contribution in [-0.2, 0) is 16.8 Å². The van der Waals surface area contributed by atoms with Gasteiger partial charge in [0.05, 0.1) is 19.1 Å². The zero-order valence-corrected chi connectivity index (χ0v) is 19.9. The predicted octanol–water partition coefficient (Wildman–Crippen LogP) is 4.51. The Hall–Kier alpha value is -3.13. The Kier molecular flexibility index (Phi) is 7.69. The number of benzene rings is 2. The number of amides is 1. The van der Waals surface area contributed by atoms with Crippen molar-refractivity contribution in [3.05, 3.63) is 59.7 Å². The molecule has 0 aliphatic heterocycles. The van der Waals surface area contributed by atoms with Crippen LogP contribution in [0.25, 0.3) is 11.4 Å². The Balaban J connectivity index is 1.56. The minimum absolute atomic E-state index is 0.105. The van der Waals surface area contributed by atoms with Gasteiger partial charge in [-0.05, 0) is 47.7 Å². The molecule has 2 aromatic carbocycles. The molecule has 3 aromatic rings. The maximum atomic E-state index is 12.2. The van der Waals surface area contributed by atoms with E-state index in [0.717, 1.165) is 22.7 Å². The summed E-state index contributed by atoms with van der Waals surface area (Å²) in [4.78, 5) is 12.2. The zero-order valence-electron chi connectivity index (χ0n) is 19.1. The second-order valence-electron chi connectivity index (χ2n) is 8.23. The number of hydrogen-bond acceptors (Lipinski definition) is 6. The molecule has 0 saturated carbocycles. The summed E-state index contributed by atoms with van der Waals surface area (Å²) < 4.78 is 7.19. The largest absolute Gasteiger partial charge is 0.497 e. The molecule has 0 bridgehead atoms. The van der Waals surface area contributed by atoms with E-state index in [4.69, 9.17) is 4.74 Å². The van der Waals surface area contributed by atoms with Crippen molar-refractivity contribution >= 4 is 23.9 Å². The molecule has 1 aromatic heterocycles. The van der Waals surface area contributed by atoms with Crippen LogP contribution in [-0.4, -0.2) is 39.7 Å². The van der Waals surface area contributed by atoms with E-state index in [1.807, 2.05) is 47.9 Å². The lowest BCUT2D eigenvalue weighted by Gasteiger charge is -2.18. The molecule has 0 radical (unpaired) electrons. The Morgan fingerprint density at radius 2 is 1.81 bits per heavy atom. The summed E-state index contributed by atoms with van der Waals surface area (Å²) in [6.45, 7) is 9.24. The molecule has 0 aliphatic carbocycles. The molecule has 1 N–H and O–H groups in total. The summed E-state index contributed by atoms with van der Waals surface area (Å²) in [6.07, 6.45) is 1.64. The van der Waals surface area contributed by atoms with Crippen molar-refractivity contribution in [2.75, 3.05) is 12.9 Å². The number of nitrogens with zero attached hydrogens (tertiary/aromatic N) is 4. The third kappa shape index (κ3) is 5.97. The van der Waals surface area contributed by atoms with Gasteiger partial charge >= 0.3 is 0 Å². The predicted molar refractivity (Wildman–Crippen MR) is 129 cm³/mol. The first kappa shape index (κ1) is 23.5. The van der Waals surface area contributed by atoms with E-state index in [-0.39, 0.29) is 17.1 Å². The van der Waals surface area contributed by atoms with Gasteiger partial charge in [-0.3, -0.25) is 4.79 Å². The molecule has 0 spiro atoms. The summed E-state index contributed by atoms with van der Waals surface area (Å²) in [7, 11) is 1.63. The molecule has 1 amide bonds. The fourth-order valence-electron chi connectivity index (χ4n) is 3.04. The molecule has 8 heteroatoms. The first-order valence-corrected chi connectivity index (χ1v) is 11.4. The molecule has 0 saturated heterocycles. The lowest BCUT2D eigenvalue weighted by Crippen LogP contribution is -2.20. The van der Waals surface area contributed by atoms with Crippen molar-refractivity contribution in [1.29, 1.82) is 0 Å². The van der Waals surface area contributed by atoms with Gasteiger partial charge in [-0.15, -0.1) is 10.2 Å². The normalized spacial score (nSPS) is 11.7. The monoisotopic (exact) mass is 451 g/mol. The SMILES string of the molecule is CCn1c(SCC(=O)N/N=C\c2ccc(C(C)(C)C)cc2)nnc1-c1ccc(OC)cc1. The molecular weight excluding hydrogens is 422 g/mol. The summed E-state index contributed by atoms with van der Waals surface area (Å²) in [5.74, 6) is 1.54. The molecule has 1 heterocycles. The van der Waals surface area contributed by atoms with Gasteiger partial charge in [0.15, 0.2) is 11.0 Å². The number of carbonyl (C=O) groups excluding carboxylic acids is 1. The number of ether oxygens (including phenoxy) is 1. The molecule has 32 heavy (non-hydrogen) atoms. The van der Waals surface area contributed by atoms with Gasteiger partial charge in [0.2, 0.25) is 0 Å². The van der Waals surface area contributed by atoms with Gasteiger partial charge in [-0.1, -0.05) is 56.8 Å². The van der Waals surface area contributed by atoms with E-state index in [0.29, 0.717) is 11.7 Å². The van der Waals surface area contributed by atoms with Crippen LogP contribution >= 0.6 is 11.8 Å². The highest BCUT2D eigenvalue weighted by atomic mass is 32.2. The number of carbonyl (C=O) groups is 1. The highest BCUT2D eigenvalue weighted by Gasteiger charge is 2.15. The van der Waals surface area contributed by atoms with Crippen molar-refractivity contribution in [3.8, 4) is 17.1 Å². The van der Waals surface area contributed by atoms with Gasteiger partial charge in [-0.25, -0.2) is 5.43 Å². The Morgan fingerprint density at radius 1 is 1.12 bits per heavy atom. The van der Waals surface area contributed by atoms with Crippen molar-refractivity contribution in [3.63, 3.8) is 0 Å². The van der Waals surface area contributed by atoms with Crippen LogP contribution in [0.5, 0.6) is 5.75 Å². The molecular formula is C24H29N5O2S. The topological polar surface area (TPSA) is 81.4 Å². The molecule has 0 fully saturated rings. The second kappa shape index (κ2) is 10.5. The summed E-state index contributed by atoms with van der Waals surface area (Å²) in [5.41, 5.74) is 5.81. The summed E-state index contributed by atoms with van der Waals surface area (Å²) in [6, 6.07) is 15.8. The molecule has 3 rings (SSSR count). The molecule has 0 atom stereocenters. The first-order valence-electron chi connectivity index (χ1n) is 10.4. The first-order chi connectivity index (χ1) is 15.3. The summed E-state index contributed by atoms with van der Waals surface area (Å²) in [5, 5.41) is 13.3. The van der Waals surface area contributed by atoms with E-state index in [1.54, 1.807) is 13.3 Å². The summed E-state index contributed by atoms with van der Waals surface area (Å²) >= 11 is 1.33. The fraction of sp³-hybridized carbons (Fsp3) is 0.333. The quantitative estimate of drug-likeness (QED) is 0.309. The highest BCUT2D eigenvalue weighted by Crippen LogP contribution is 2.25. The maximum Gasteiger partial charge on any atom is 0.250 e. The number of aromatic nitrogens is 3. The van der Waals surface area contributed by atoms with Gasteiger partial charge in [0, 0.05) is 12.1 Å². The molecule has 0 aliphatic rings. The van der Waals surface area contributed by atoms with Crippen molar-refractivity contribution in [1.82, 2.24) is 20.2 Å². The van der Waals surface area contributed by atoms with Crippen LogP contribution in [0.1, 0.15) is 38.8 Å². The number of hydrogen-bond donors (Lipinski definition) is 1. The minimum Gasteiger partial charge on any atom is -0.497 e. The Morgan fingerprint density at radius 3 is 2.41 bits per heavy atom. The number of hydrazone groups is 1. The Labute approximate surface area is 193 Å². The van der Waals surface area contributed by atoms with Crippen molar-refractivity contribution < 1.29 is 9.53 Å². The van der Waals surface area contributed by atoms with Gasteiger partial charge in [-0.2, -0.15) is 5.10 Å². The van der Waals surface area contributed by atoms with E-state index in [1.165, 1.54) is 17.3 Å². The fourth-order valence-corrected chi connectivity index (χ4v) is 3.84. The van der Waals surface area contributed by atoms with E-state index >= 15 is 0 Å². The maximum absolute atomic E-state index is 12.2. The third-order valence-corrected chi connectivity index (χ3v) is 5.86. The molecule has 168 valence electrons. The number of rotatable bonds is 8. The van der Waals surface area contributed by atoms with Crippen LogP contribution in [0.2, 0.25) is 0 Å². The highest BCUT2D eigenvalue weighted by molar-refractivity contribution is 7.99.